The standard InChI is InChI=1S/C20H13ClF2N4/c21-13-9-12(14(22)10-15(13)23)20-19(18-2-1-7-27(18)26-20)11-3-4-16-17(8-11)25-6-5-24-16/h3-6,8-10H,1-2,7H2. The molecule has 134 valence electrons. The number of rotatable bonds is 2. The highest BCUT2D eigenvalue weighted by atomic mass is 35.5. The third kappa shape index (κ3) is 2.59. The Labute approximate surface area is 158 Å². The van der Waals surface area contributed by atoms with Gasteiger partial charge >= 0.3 is 0 Å². The van der Waals surface area contributed by atoms with E-state index in [0.29, 0.717) is 5.69 Å². The van der Waals surface area contributed by atoms with Crippen molar-refractivity contribution in [2.75, 3.05) is 0 Å². The van der Waals surface area contributed by atoms with E-state index in [4.69, 9.17) is 11.6 Å². The Morgan fingerprint density at radius 1 is 0.963 bits per heavy atom. The fourth-order valence-corrected chi connectivity index (χ4v) is 3.81. The van der Waals surface area contributed by atoms with Crippen LogP contribution in [0.25, 0.3) is 33.4 Å². The zero-order valence-electron chi connectivity index (χ0n) is 14.1. The minimum absolute atomic E-state index is 0.130. The summed E-state index contributed by atoms with van der Waals surface area (Å²) < 4.78 is 30.1. The number of fused-ring (bicyclic) bond motifs is 2. The fraction of sp³-hybridized carbons (Fsp3) is 0.150. The molecule has 4 nitrogen and oxygen atoms in total. The van der Waals surface area contributed by atoms with Gasteiger partial charge in [-0.1, -0.05) is 17.7 Å². The summed E-state index contributed by atoms with van der Waals surface area (Å²) in [7, 11) is 0. The molecule has 0 N–H and O–H groups in total. The first-order chi connectivity index (χ1) is 13.1. The van der Waals surface area contributed by atoms with Gasteiger partial charge in [0.1, 0.15) is 17.3 Å². The summed E-state index contributed by atoms with van der Waals surface area (Å²) in [6.07, 6.45) is 5.10. The van der Waals surface area contributed by atoms with Crippen LogP contribution in [-0.4, -0.2) is 19.7 Å². The van der Waals surface area contributed by atoms with Gasteiger partial charge in [-0.3, -0.25) is 14.6 Å². The molecule has 1 aliphatic rings. The average molecular weight is 383 g/mol. The van der Waals surface area contributed by atoms with E-state index in [1.807, 2.05) is 22.9 Å². The molecule has 3 heterocycles. The number of aromatic nitrogens is 4. The predicted octanol–water partition coefficient (Wildman–Crippen LogP) is 5.04. The highest BCUT2D eigenvalue weighted by Crippen LogP contribution is 2.40. The molecule has 2 aromatic heterocycles. The molecule has 0 amide bonds. The van der Waals surface area contributed by atoms with Crippen LogP contribution >= 0.6 is 11.6 Å². The number of halogens is 3. The number of nitrogens with zero attached hydrogens (tertiary/aromatic N) is 4. The van der Waals surface area contributed by atoms with Gasteiger partial charge in [-0.15, -0.1) is 0 Å². The summed E-state index contributed by atoms with van der Waals surface area (Å²) in [5.41, 5.74) is 4.93. The van der Waals surface area contributed by atoms with Gasteiger partial charge in [0.05, 0.1) is 16.1 Å². The first-order valence-electron chi connectivity index (χ1n) is 8.57. The molecular weight excluding hydrogens is 370 g/mol. The van der Waals surface area contributed by atoms with Gasteiger partial charge in [-0.25, -0.2) is 8.78 Å². The molecule has 0 radical (unpaired) electrons. The Morgan fingerprint density at radius 2 is 1.78 bits per heavy atom. The van der Waals surface area contributed by atoms with E-state index >= 15 is 0 Å². The number of aryl methyl sites for hydroxylation is 1. The predicted molar refractivity (Wildman–Crippen MR) is 99.4 cm³/mol. The highest BCUT2D eigenvalue weighted by molar-refractivity contribution is 6.31. The molecule has 0 saturated carbocycles. The zero-order valence-corrected chi connectivity index (χ0v) is 14.8. The van der Waals surface area contributed by atoms with E-state index in [1.165, 1.54) is 6.07 Å². The molecule has 5 rings (SSSR count). The van der Waals surface area contributed by atoms with E-state index in [9.17, 15) is 8.78 Å². The smallest absolute Gasteiger partial charge is 0.144 e. The molecule has 1 aliphatic heterocycles. The van der Waals surface area contributed by atoms with E-state index in [-0.39, 0.29) is 10.6 Å². The number of hydrogen-bond acceptors (Lipinski definition) is 3. The lowest BCUT2D eigenvalue weighted by molar-refractivity contribution is 0.584. The number of hydrogen-bond donors (Lipinski definition) is 0. The van der Waals surface area contributed by atoms with Crippen LogP contribution in [0.2, 0.25) is 5.02 Å². The Balaban J connectivity index is 1.78. The van der Waals surface area contributed by atoms with Crippen molar-refractivity contribution in [1.29, 1.82) is 0 Å². The summed E-state index contributed by atoms with van der Waals surface area (Å²) in [6.45, 7) is 0.770. The third-order valence-electron chi connectivity index (χ3n) is 4.86. The Kier molecular flexibility index (Phi) is 3.68. The van der Waals surface area contributed by atoms with Crippen LogP contribution in [0.5, 0.6) is 0 Å². The molecule has 7 heteroatoms. The largest absolute Gasteiger partial charge is 0.268 e. The van der Waals surface area contributed by atoms with Gasteiger partial charge < -0.3 is 0 Å². The first kappa shape index (κ1) is 16.3. The van der Waals surface area contributed by atoms with E-state index < -0.39 is 11.6 Å². The van der Waals surface area contributed by atoms with Crippen LogP contribution in [0, 0.1) is 11.6 Å². The van der Waals surface area contributed by atoms with Gasteiger partial charge in [-0.05, 0) is 36.6 Å². The second-order valence-electron chi connectivity index (χ2n) is 6.50. The molecule has 0 fully saturated rings. The maximum absolute atomic E-state index is 14.6. The minimum atomic E-state index is -0.785. The van der Waals surface area contributed by atoms with Gasteiger partial charge in [0.15, 0.2) is 0 Å². The van der Waals surface area contributed by atoms with Crippen LogP contribution in [0.4, 0.5) is 8.78 Å². The van der Waals surface area contributed by atoms with Crippen molar-refractivity contribution in [3.05, 3.63) is 65.1 Å². The minimum Gasteiger partial charge on any atom is -0.268 e. The summed E-state index contributed by atoms with van der Waals surface area (Å²) in [5.74, 6) is -1.47. The average Bonchev–Trinajstić information content (AvgIpc) is 3.25. The van der Waals surface area contributed by atoms with Crippen LogP contribution < -0.4 is 0 Å². The molecule has 2 aromatic carbocycles. The lowest BCUT2D eigenvalue weighted by atomic mass is 9.97. The lowest BCUT2D eigenvalue weighted by Gasteiger charge is -2.08. The highest BCUT2D eigenvalue weighted by Gasteiger charge is 2.26. The third-order valence-corrected chi connectivity index (χ3v) is 5.15. The second kappa shape index (κ2) is 6.09. The molecule has 0 bridgehead atoms. The number of benzene rings is 2. The van der Waals surface area contributed by atoms with Crippen molar-refractivity contribution in [1.82, 2.24) is 19.7 Å². The quantitative estimate of drug-likeness (QED) is 0.456. The van der Waals surface area contributed by atoms with Crippen molar-refractivity contribution in [3.63, 3.8) is 0 Å². The van der Waals surface area contributed by atoms with E-state index in [2.05, 4.69) is 15.1 Å². The molecule has 0 spiro atoms. The molecule has 0 atom stereocenters. The first-order valence-corrected chi connectivity index (χ1v) is 8.95. The Hall–Kier alpha value is -2.86. The van der Waals surface area contributed by atoms with Crippen molar-refractivity contribution in [3.8, 4) is 22.4 Å². The van der Waals surface area contributed by atoms with Gasteiger partial charge in [-0.2, -0.15) is 5.10 Å². The van der Waals surface area contributed by atoms with Crippen LogP contribution in [0.1, 0.15) is 12.1 Å². The van der Waals surface area contributed by atoms with Crippen LogP contribution in [-0.2, 0) is 13.0 Å². The molecule has 0 unspecified atom stereocenters. The van der Waals surface area contributed by atoms with Crippen molar-refractivity contribution in [2.24, 2.45) is 0 Å². The zero-order chi connectivity index (χ0) is 18.5. The molecule has 27 heavy (non-hydrogen) atoms. The van der Waals surface area contributed by atoms with Crippen molar-refractivity contribution < 1.29 is 8.78 Å². The fourth-order valence-electron chi connectivity index (χ4n) is 3.65. The topological polar surface area (TPSA) is 43.6 Å². The summed E-state index contributed by atoms with van der Waals surface area (Å²) in [5, 5.41) is 4.48. The maximum Gasteiger partial charge on any atom is 0.144 e. The van der Waals surface area contributed by atoms with E-state index in [0.717, 1.165) is 53.3 Å². The lowest BCUT2D eigenvalue weighted by Crippen LogP contribution is -1.95. The molecule has 4 aromatic rings. The summed E-state index contributed by atoms with van der Waals surface area (Å²) in [6, 6.07) is 7.84. The normalized spacial score (nSPS) is 13.3. The van der Waals surface area contributed by atoms with Gasteiger partial charge in [0.25, 0.3) is 0 Å². The van der Waals surface area contributed by atoms with Crippen LogP contribution in [0.15, 0.2) is 42.7 Å². The summed E-state index contributed by atoms with van der Waals surface area (Å²) >= 11 is 5.91. The second-order valence-corrected chi connectivity index (χ2v) is 6.91. The molecule has 0 saturated heterocycles. The van der Waals surface area contributed by atoms with Gasteiger partial charge in [0.2, 0.25) is 0 Å². The Morgan fingerprint density at radius 3 is 2.63 bits per heavy atom. The summed E-state index contributed by atoms with van der Waals surface area (Å²) in [4.78, 5) is 8.65. The monoisotopic (exact) mass is 382 g/mol. The molecule has 0 aliphatic carbocycles. The molecular formula is C20H13ClF2N4. The van der Waals surface area contributed by atoms with Crippen molar-refractivity contribution in [2.45, 2.75) is 19.4 Å². The maximum atomic E-state index is 14.6. The Bertz CT molecular complexity index is 1200. The van der Waals surface area contributed by atoms with Gasteiger partial charge in [0, 0.05) is 41.8 Å². The van der Waals surface area contributed by atoms with Crippen molar-refractivity contribution >= 4 is 22.6 Å². The SMILES string of the molecule is Fc1cc(F)c(-c2nn3c(c2-c2ccc4nccnc4c2)CCC3)cc1Cl. The van der Waals surface area contributed by atoms with Crippen LogP contribution in [0.3, 0.4) is 0 Å². The van der Waals surface area contributed by atoms with E-state index in [1.54, 1.807) is 12.4 Å².